The van der Waals surface area contributed by atoms with E-state index in [9.17, 15) is 9.59 Å². The maximum atomic E-state index is 13.4. The van der Waals surface area contributed by atoms with E-state index in [1.165, 1.54) is 7.11 Å². The molecule has 0 saturated heterocycles. The number of fused-ring (bicyclic) bond motifs is 1. The molecule has 3 rings (SSSR count). The number of nitrogens with one attached hydrogen (secondary N) is 2. The third-order valence-corrected chi connectivity index (χ3v) is 5.86. The van der Waals surface area contributed by atoms with Crippen molar-refractivity contribution >= 4 is 12.0 Å². The molecule has 2 N–H and O–H groups in total. The molecule has 1 aromatic carbocycles. The number of hydrogen-bond donors (Lipinski definition) is 2. The van der Waals surface area contributed by atoms with Crippen molar-refractivity contribution in [3.8, 4) is 11.5 Å². The fraction of sp³-hybridized carbons (Fsp3) is 0.500. The molecule has 1 aliphatic heterocycles. The van der Waals surface area contributed by atoms with Crippen LogP contribution in [-0.4, -0.2) is 60.8 Å². The summed E-state index contributed by atoms with van der Waals surface area (Å²) in [6.07, 6.45) is 2.97. The van der Waals surface area contributed by atoms with E-state index < -0.39 is 18.1 Å². The lowest BCUT2D eigenvalue weighted by atomic mass is 9.94. The summed E-state index contributed by atoms with van der Waals surface area (Å²) in [5.74, 6) is 0.722. The van der Waals surface area contributed by atoms with Gasteiger partial charge in [0.15, 0.2) is 0 Å². The third-order valence-electron chi connectivity index (χ3n) is 5.86. The Bertz CT molecular complexity index is 928. The molecule has 0 fully saturated rings. The topological polar surface area (TPSA) is 106 Å². The second kappa shape index (κ2) is 9.72. The third kappa shape index (κ3) is 4.45. The summed E-state index contributed by atoms with van der Waals surface area (Å²) in [5, 5.41) is 2.88. The minimum atomic E-state index is -0.740. The smallest absolute Gasteiger partial charge is 0.328 e. The molecule has 9 nitrogen and oxygen atoms in total. The maximum absolute atomic E-state index is 13.4. The Morgan fingerprint density at radius 1 is 1.29 bits per heavy atom. The van der Waals surface area contributed by atoms with Crippen molar-refractivity contribution in [2.24, 2.45) is 5.92 Å². The zero-order valence-electron chi connectivity index (χ0n) is 18.6. The molecule has 1 aromatic heterocycles. The van der Waals surface area contributed by atoms with E-state index in [4.69, 9.17) is 14.2 Å². The average molecular weight is 431 g/mol. The van der Waals surface area contributed by atoms with Crippen molar-refractivity contribution in [2.45, 2.75) is 38.8 Å². The van der Waals surface area contributed by atoms with Gasteiger partial charge in [-0.3, -0.25) is 0 Å². The van der Waals surface area contributed by atoms with E-state index >= 15 is 0 Å². The highest BCUT2D eigenvalue weighted by molar-refractivity contribution is 5.84. The molecule has 3 atom stereocenters. The Morgan fingerprint density at radius 2 is 2.06 bits per heavy atom. The number of ether oxygens (including phenoxy) is 3. The Morgan fingerprint density at radius 3 is 2.71 bits per heavy atom. The summed E-state index contributed by atoms with van der Waals surface area (Å²) in [6, 6.07) is 3.85. The Hall–Kier alpha value is -3.23. The van der Waals surface area contributed by atoms with Crippen LogP contribution in [0.1, 0.15) is 43.3 Å². The predicted molar refractivity (Wildman–Crippen MR) is 114 cm³/mol. The molecule has 0 radical (unpaired) electrons. The van der Waals surface area contributed by atoms with Crippen LogP contribution in [-0.2, 0) is 16.0 Å². The van der Waals surface area contributed by atoms with Gasteiger partial charge < -0.3 is 29.4 Å². The van der Waals surface area contributed by atoms with Crippen LogP contribution in [0.4, 0.5) is 4.79 Å². The first-order valence-corrected chi connectivity index (χ1v) is 10.3. The van der Waals surface area contributed by atoms with E-state index in [-0.39, 0.29) is 11.9 Å². The highest BCUT2D eigenvalue weighted by atomic mass is 16.5. The van der Waals surface area contributed by atoms with Gasteiger partial charge in [-0.2, -0.15) is 0 Å². The second-order valence-corrected chi connectivity index (χ2v) is 7.56. The van der Waals surface area contributed by atoms with Crippen LogP contribution < -0.4 is 14.8 Å². The van der Waals surface area contributed by atoms with E-state index in [2.05, 4.69) is 15.3 Å². The first-order chi connectivity index (χ1) is 14.9. The van der Waals surface area contributed by atoms with Crippen LogP contribution in [0.15, 0.2) is 24.5 Å². The summed E-state index contributed by atoms with van der Waals surface area (Å²) in [6.45, 7) is 4.32. The van der Waals surface area contributed by atoms with Crippen molar-refractivity contribution in [1.82, 2.24) is 20.2 Å². The molecule has 2 amide bonds. The van der Waals surface area contributed by atoms with Gasteiger partial charge in [-0.05, 0) is 24.1 Å². The predicted octanol–water partition coefficient (Wildman–Crippen LogP) is 2.67. The average Bonchev–Trinajstić information content (AvgIpc) is 3.29. The number of urea groups is 1. The van der Waals surface area contributed by atoms with Crippen LogP contribution in [0.25, 0.3) is 0 Å². The number of hydrogen-bond acceptors (Lipinski definition) is 6. The van der Waals surface area contributed by atoms with Gasteiger partial charge in [0.2, 0.25) is 0 Å². The van der Waals surface area contributed by atoms with Crippen molar-refractivity contribution in [1.29, 1.82) is 0 Å². The standard InChI is InChI=1S/C22H30N4O5/c1-6-13(2)18(21(27)31-5)25-22(28)26-10-9-16-19(24-12-23-16)20(26)15-11-14(29-3)7-8-17(15)30-4/h7-8,11-13,18,20H,6,9-10H2,1-5H3,(H,23,24)(H,25,28)/t13-,18+,20-/m0/s1. The molecular formula is C22H30N4O5. The molecule has 168 valence electrons. The molecule has 9 heteroatoms. The molecule has 0 unspecified atom stereocenters. The number of carbonyl (C=O) groups is 2. The van der Waals surface area contributed by atoms with Crippen LogP contribution in [0, 0.1) is 5.92 Å². The second-order valence-electron chi connectivity index (χ2n) is 7.56. The number of aromatic nitrogens is 2. The van der Waals surface area contributed by atoms with Gasteiger partial charge in [0.25, 0.3) is 0 Å². The van der Waals surface area contributed by atoms with Gasteiger partial charge in [0.1, 0.15) is 23.6 Å². The minimum absolute atomic E-state index is 0.0769. The fourth-order valence-corrected chi connectivity index (χ4v) is 3.88. The number of H-pyrrole nitrogens is 1. The molecule has 0 aliphatic carbocycles. The zero-order valence-corrected chi connectivity index (χ0v) is 18.6. The molecule has 2 aromatic rings. The fourth-order valence-electron chi connectivity index (χ4n) is 3.88. The Labute approximate surface area is 182 Å². The summed E-state index contributed by atoms with van der Waals surface area (Å²) < 4.78 is 15.9. The number of benzene rings is 1. The SMILES string of the molecule is CC[C@H](C)[C@@H](NC(=O)N1CCc2[nH]cnc2[C@@H]1c1cc(OC)ccc1OC)C(=O)OC. The molecule has 0 bridgehead atoms. The highest BCUT2D eigenvalue weighted by Gasteiger charge is 2.38. The van der Waals surface area contributed by atoms with Gasteiger partial charge in [-0.1, -0.05) is 20.3 Å². The highest BCUT2D eigenvalue weighted by Crippen LogP contribution is 2.39. The lowest BCUT2D eigenvalue weighted by Crippen LogP contribution is -2.53. The maximum Gasteiger partial charge on any atom is 0.328 e. The number of methoxy groups -OCH3 is 3. The number of imidazole rings is 1. The molecule has 1 aliphatic rings. The minimum Gasteiger partial charge on any atom is -0.497 e. The quantitative estimate of drug-likeness (QED) is 0.654. The number of esters is 1. The van der Waals surface area contributed by atoms with Gasteiger partial charge in [-0.25, -0.2) is 14.6 Å². The van der Waals surface area contributed by atoms with Crippen molar-refractivity contribution < 1.29 is 23.8 Å². The zero-order chi connectivity index (χ0) is 22.5. The lowest BCUT2D eigenvalue weighted by molar-refractivity contribution is -0.144. The normalized spacial score (nSPS) is 17.3. The first-order valence-electron chi connectivity index (χ1n) is 10.3. The number of aromatic amines is 1. The van der Waals surface area contributed by atoms with Crippen LogP contribution >= 0.6 is 0 Å². The molecule has 0 saturated carbocycles. The summed E-state index contributed by atoms with van der Waals surface area (Å²) >= 11 is 0. The first kappa shape index (κ1) is 22.5. The van der Waals surface area contributed by atoms with E-state index in [1.807, 2.05) is 26.0 Å². The van der Waals surface area contributed by atoms with Crippen LogP contribution in [0.5, 0.6) is 11.5 Å². The summed E-state index contributed by atoms with van der Waals surface area (Å²) in [7, 11) is 4.49. The van der Waals surface area contributed by atoms with Crippen molar-refractivity contribution in [3.05, 3.63) is 41.5 Å². The van der Waals surface area contributed by atoms with Gasteiger partial charge >= 0.3 is 12.0 Å². The van der Waals surface area contributed by atoms with Gasteiger partial charge in [-0.15, -0.1) is 0 Å². The van der Waals surface area contributed by atoms with E-state index in [1.54, 1.807) is 31.5 Å². The Kier molecular flexibility index (Phi) is 7.04. The summed E-state index contributed by atoms with van der Waals surface area (Å²) in [4.78, 5) is 35.1. The lowest BCUT2D eigenvalue weighted by Gasteiger charge is -2.37. The van der Waals surface area contributed by atoms with Crippen LogP contribution in [0.2, 0.25) is 0 Å². The van der Waals surface area contributed by atoms with Crippen LogP contribution in [0.3, 0.4) is 0 Å². The largest absolute Gasteiger partial charge is 0.497 e. The van der Waals surface area contributed by atoms with E-state index in [0.717, 1.165) is 23.4 Å². The molecule has 0 spiro atoms. The monoisotopic (exact) mass is 430 g/mol. The van der Waals surface area contributed by atoms with Crippen molar-refractivity contribution in [2.75, 3.05) is 27.9 Å². The molecule has 31 heavy (non-hydrogen) atoms. The number of carbonyl (C=O) groups excluding carboxylic acids is 2. The summed E-state index contributed by atoms with van der Waals surface area (Å²) in [5.41, 5.74) is 2.46. The number of rotatable bonds is 7. The van der Waals surface area contributed by atoms with E-state index in [0.29, 0.717) is 24.5 Å². The molecular weight excluding hydrogens is 400 g/mol. The van der Waals surface area contributed by atoms with Crippen molar-refractivity contribution in [3.63, 3.8) is 0 Å². The number of amides is 2. The number of nitrogens with zero attached hydrogens (tertiary/aromatic N) is 2. The molecule has 2 heterocycles. The van der Waals surface area contributed by atoms with Gasteiger partial charge in [0, 0.05) is 24.2 Å². The Balaban J connectivity index is 2.01. The van der Waals surface area contributed by atoms with Gasteiger partial charge in [0.05, 0.1) is 33.4 Å².